The molecule has 2 amide bonds. The second-order valence-electron chi connectivity index (χ2n) is 10.7. The van der Waals surface area contributed by atoms with Crippen LogP contribution in [0.3, 0.4) is 0 Å². The summed E-state index contributed by atoms with van der Waals surface area (Å²) in [6.45, 7) is 16.2. The van der Waals surface area contributed by atoms with Crippen LogP contribution >= 0.6 is 11.3 Å². The molecule has 8 heteroatoms. The van der Waals surface area contributed by atoms with Crippen molar-refractivity contribution in [2.75, 3.05) is 26.2 Å². The van der Waals surface area contributed by atoms with Gasteiger partial charge in [-0.1, -0.05) is 47.6 Å². The predicted octanol–water partition coefficient (Wildman–Crippen LogP) is 6.04. The Kier molecular flexibility index (Phi) is 12.0. The van der Waals surface area contributed by atoms with Crippen molar-refractivity contribution < 1.29 is 9.59 Å². The molecule has 0 fully saturated rings. The number of nitrogens with one attached hydrogen (secondary N) is 2. The average Bonchev–Trinajstić information content (AvgIpc) is 3.56. The number of hydrogen-bond acceptors (Lipinski definition) is 5. The minimum Gasteiger partial charge on any atom is -0.353 e. The summed E-state index contributed by atoms with van der Waals surface area (Å²) in [6.07, 6.45) is 4.48. The van der Waals surface area contributed by atoms with Crippen molar-refractivity contribution in [3.63, 3.8) is 0 Å². The molecule has 0 aliphatic rings. The maximum atomic E-state index is 13.4. The molecule has 0 aliphatic heterocycles. The van der Waals surface area contributed by atoms with Crippen molar-refractivity contribution >= 4 is 34.2 Å². The third-order valence-corrected chi connectivity index (χ3v) is 8.16. The topological polar surface area (TPSA) is 79.3 Å². The van der Waals surface area contributed by atoms with E-state index in [1.54, 1.807) is 11.3 Å². The normalized spacial score (nSPS) is 12.5. The van der Waals surface area contributed by atoms with Gasteiger partial charge < -0.3 is 20.1 Å². The van der Waals surface area contributed by atoms with Gasteiger partial charge in [0.25, 0.3) is 5.91 Å². The van der Waals surface area contributed by atoms with E-state index in [2.05, 4.69) is 79.2 Å². The number of amides is 2. The number of carbonyl (C=O) groups is 2. The molecule has 0 radical (unpaired) electrons. The molecule has 2 N–H and O–H groups in total. The molecule has 2 heterocycles. The van der Waals surface area contributed by atoms with Gasteiger partial charge in [-0.3, -0.25) is 9.59 Å². The molecule has 1 aromatic carbocycles. The van der Waals surface area contributed by atoms with Crippen molar-refractivity contribution in [2.24, 2.45) is 5.92 Å². The number of carbonyl (C=O) groups excluding carboxylic acids is 2. The van der Waals surface area contributed by atoms with E-state index in [-0.39, 0.29) is 17.7 Å². The van der Waals surface area contributed by atoms with Crippen molar-refractivity contribution in [2.45, 2.75) is 85.7 Å². The molecular weight excluding hydrogens is 506 g/mol. The number of likely N-dealkylation sites (N-methyl/N-ethyl adjacent to an activating group) is 1. The second-order valence-corrected chi connectivity index (χ2v) is 11.7. The average molecular weight is 554 g/mol. The van der Waals surface area contributed by atoms with Gasteiger partial charge in [0, 0.05) is 36.0 Å². The van der Waals surface area contributed by atoms with Gasteiger partial charge in [0.05, 0.1) is 11.0 Å². The number of nitrogens with zero attached hydrogens (tertiary/aromatic N) is 3. The van der Waals surface area contributed by atoms with E-state index < -0.39 is 6.04 Å². The summed E-state index contributed by atoms with van der Waals surface area (Å²) in [5.74, 6) is 0.934. The molecule has 0 bridgehead atoms. The van der Waals surface area contributed by atoms with E-state index in [0.717, 1.165) is 62.2 Å². The number of benzene rings is 1. The van der Waals surface area contributed by atoms with Gasteiger partial charge in [0.2, 0.25) is 5.91 Å². The summed E-state index contributed by atoms with van der Waals surface area (Å²) in [5, 5.41) is 8.15. The maximum Gasteiger partial charge on any atom is 0.252 e. The summed E-state index contributed by atoms with van der Waals surface area (Å²) in [5.41, 5.74) is 2.40. The Bertz CT molecular complexity index is 1180. The Labute approximate surface area is 238 Å². The van der Waals surface area contributed by atoms with Crippen LogP contribution in [0.2, 0.25) is 0 Å². The Hall–Kier alpha value is -2.71. The zero-order valence-corrected chi connectivity index (χ0v) is 25.4. The molecule has 0 unspecified atom stereocenters. The Morgan fingerprint density at radius 1 is 1.08 bits per heavy atom. The monoisotopic (exact) mass is 553 g/mol. The zero-order valence-electron chi connectivity index (χ0n) is 24.6. The van der Waals surface area contributed by atoms with Crippen LogP contribution in [0.1, 0.15) is 94.3 Å². The van der Waals surface area contributed by atoms with Gasteiger partial charge in [0.15, 0.2) is 0 Å². The molecule has 0 saturated heterocycles. The minimum atomic E-state index is -0.578. The van der Waals surface area contributed by atoms with Crippen molar-refractivity contribution in [3.05, 3.63) is 52.0 Å². The molecule has 0 aliphatic carbocycles. The Morgan fingerprint density at radius 2 is 1.85 bits per heavy atom. The van der Waals surface area contributed by atoms with Crippen LogP contribution in [0, 0.1) is 5.92 Å². The lowest BCUT2D eigenvalue weighted by Crippen LogP contribution is -2.48. The first kappa shape index (κ1) is 30.8. The van der Waals surface area contributed by atoms with Crippen LogP contribution in [-0.4, -0.2) is 58.5 Å². The van der Waals surface area contributed by atoms with Crippen molar-refractivity contribution in [1.82, 2.24) is 25.1 Å². The molecule has 7 nitrogen and oxygen atoms in total. The van der Waals surface area contributed by atoms with Gasteiger partial charge in [-0.2, -0.15) is 0 Å². The molecule has 0 saturated carbocycles. The highest BCUT2D eigenvalue weighted by Gasteiger charge is 2.24. The van der Waals surface area contributed by atoms with Crippen molar-refractivity contribution in [1.29, 1.82) is 0 Å². The molecular formula is C31H47N5O2S. The molecule has 1 atom stereocenters. The predicted molar refractivity (Wildman–Crippen MR) is 163 cm³/mol. The van der Waals surface area contributed by atoms with Crippen LogP contribution in [0.5, 0.6) is 0 Å². The SMILES string of the molecule is CCCN(CC)CCNC(=O)[C@H](CC(C)C)NC(=O)c1ccc2c(c1)nc(Cc1cccs1)n2C(CC)CC. The van der Waals surface area contributed by atoms with Gasteiger partial charge in [0.1, 0.15) is 11.9 Å². The fraction of sp³-hybridized carbons (Fsp3) is 0.581. The number of fused-ring (bicyclic) bond motifs is 1. The third kappa shape index (κ3) is 8.39. The smallest absolute Gasteiger partial charge is 0.252 e. The highest BCUT2D eigenvalue weighted by Crippen LogP contribution is 2.28. The fourth-order valence-corrected chi connectivity index (χ4v) is 5.90. The van der Waals surface area contributed by atoms with E-state index in [1.165, 1.54) is 4.88 Å². The van der Waals surface area contributed by atoms with Crippen LogP contribution in [0.15, 0.2) is 35.7 Å². The van der Waals surface area contributed by atoms with Crippen LogP contribution in [0.25, 0.3) is 11.0 Å². The lowest BCUT2D eigenvalue weighted by Gasteiger charge is -2.23. The van der Waals surface area contributed by atoms with Crippen LogP contribution in [0.4, 0.5) is 0 Å². The molecule has 2 aromatic heterocycles. The van der Waals surface area contributed by atoms with E-state index in [4.69, 9.17) is 4.98 Å². The van der Waals surface area contributed by atoms with Crippen molar-refractivity contribution in [3.8, 4) is 0 Å². The Morgan fingerprint density at radius 3 is 2.46 bits per heavy atom. The van der Waals surface area contributed by atoms with E-state index in [0.29, 0.717) is 24.6 Å². The summed E-state index contributed by atoms with van der Waals surface area (Å²) in [6, 6.07) is 9.73. The quantitative estimate of drug-likeness (QED) is 0.227. The molecule has 3 aromatic rings. The number of rotatable bonds is 16. The summed E-state index contributed by atoms with van der Waals surface area (Å²) < 4.78 is 2.35. The number of hydrogen-bond donors (Lipinski definition) is 2. The van der Waals surface area contributed by atoms with Crippen LogP contribution < -0.4 is 10.6 Å². The lowest BCUT2D eigenvalue weighted by atomic mass is 10.0. The summed E-state index contributed by atoms with van der Waals surface area (Å²) >= 11 is 1.74. The maximum absolute atomic E-state index is 13.4. The lowest BCUT2D eigenvalue weighted by molar-refractivity contribution is -0.123. The van der Waals surface area contributed by atoms with E-state index in [9.17, 15) is 9.59 Å². The van der Waals surface area contributed by atoms with Gasteiger partial charge in [-0.15, -0.1) is 11.3 Å². The Balaban J connectivity index is 1.79. The first-order valence-electron chi connectivity index (χ1n) is 14.6. The highest BCUT2D eigenvalue weighted by atomic mass is 32.1. The van der Waals surface area contributed by atoms with E-state index in [1.807, 2.05) is 18.2 Å². The number of thiophene rings is 1. The largest absolute Gasteiger partial charge is 0.353 e. The molecule has 39 heavy (non-hydrogen) atoms. The minimum absolute atomic E-state index is 0.123. The highest BCUT2D eigenvalue weighted by molar-refractivity contribution is 7.09. The summed E-state index contributed by atoms with van der Waals surface area (Å²) in [4.78, 5) is 35.0. The zero-order chi connectivity index (χ0) is 28.4. The molecule has 0 spiro atoms. The molecule has 214 valence electrons. The van der Waals surface area contributed by atoms with Gasteiger partial charge >= 0.3 is 0 Å². The fourth-order valence-electron chi connectivity index (χ4n) is 5.19. The third-order valence-electron chi connectivity index (χ3n) is 7.29. The van der Waals surface area contributed by atoms with E-state index >= 15 is 0 Å². The number of imidazole rings is 1. The van der Waals surface area contributed by atoms with Crippen LogP contribution in [-0.2, 0) is 11.2 Å². The molecule has 3 rings (SSSR count). The first-order valence-corrected chi connectivity index (χ1v) is 15.5. The number of aromatic nitrogens is 2. The van der Waals surface area contributed by atoms with Gasteiger partial charge in [-0.25, -0.2) is 4.98 Å². The van der Waals surface area contributed by atoms with Gasteiger partial charge in [-0.05, 0) is 74.3 Å². The second kappa shape index (κ2) is 15.2. The first-order chi connectivity index (χ1) is 18.8. The summed E-state index contributed by atoms with van der Waals surface area (Å²) in [7, 11) is 0. The standard InChI is InChI=1S/C31H47N5O2S/c1-7-16-35(10-4)17-15-32-31(38)27(19-22(5)6)34-30(37)23-13-14-28-26(20-23)33-29(21-25-12-11-18-39-25)36(28)24(8-2)9-3/h11-14,18,20,22,24,27H,7-10,15-17,19,21H2,1-6H3,(H,32,38)(H,34,37)/t27-/m0/s1.